The summed E-state index contributed by atoms with van der Waals surface area (Å²) in [7, 11) is 0. The minimum atomic E-state index is -0.0487. The van der Waals surface area contributed by atoms with Crippen LogP contribution in [-0.2, 0) is 6.54 Å². The van der Waals surface area contributed by atoms with Crippen LogP contribution < -0.4 is 10.9 Å². The lowest BCUT2D eigenvalue weighted by atomic mass is 10.1. The summed E-state index contributed by atoms with van der Waals surface area (Å²) in [6.45, 7) is 8.54. The van der Waals surface area contributed by atoms with Crippen molar-refractivity contribution in [1.29, 1.82) is 0 Å². The maximum atomic E-state index is 12.0. The van der Waals surface area contributed by atoms with E-state index in [1.54, 1.807) is 18.3 Å². The molecule has 0 saturated heterocycles. The highest BCUT2D eigenvalue weighted by molar-refractivity contribution is 7.11. The topological polar surface area (TPSA) is 57.8 Å². The van der Waals surface area contributed by atoms with Gasteiger partial charge in [0.15, 0.2) is 0 Å². The van der Waals surface area contributed by atoms with Gasteiger partial charge in [-0.2, -0.15) is 0 Å². The zero-order valence-electron chi connectivity index (χ0n) is 11.7. The maximum absolute atomic E-state index is 12.0. The molecule has 0 aliphatic heterocycles. The largest absolute Gasteiger partial charge is 0.310 e. The number of nitrogens with zero attached hydrogens (tertiary/aromatic N) is 1. The highest BCUT2D eigenvalue weighted by atomic mass is 32.1. The zero-order chi connectivity index (χ0) is 14.0. The molecule has 0 aliphatic rings. The fraction of sp³-hybridized carbons (Fsp3) is 0.429. The number of aromatic amines is 1. The molecule has 2 aromatic rings. The number of hydrogen-bond donors (Lipinski definition) is 2. The van der Waals surface area contributed by atoms with Gasteiger partial charge in [0.05, 0.1) is 5.56 Å². The van der Waals surface area contributed by atoms with Crippen LogP contribution >= 0.6 is 11.3 Å². The van der Waals surface area contributed by atoms with Gasteiger partial charge in [-0.15, -0.1) is 11.3 Å². The Bertz CT molecular complexity index is 630. The van der Waals surface area contributed by atoms with Crippen LogP contribution in [0.5, 0.6) is 0 Å². The molecule has 0 aromatic carbocycles. The first-order chi connectivity index (χ1) is 8.97. The van der Waals surface area contributed by atoms with Gasteiger partial charge >= 0.3 is 0 Å². The second-order valence-corrected chi connectivity index (χ2v) is 6.14. The van der Waals surface area contributed by atoms with E-state index >= 15 is 0 Å². The Hall–Kier alpha value is -1.46. The molecule has 0 fully saturated rings. The SMILES string of the molecule is Cc1nc(C)c(C(C)NCc2ccc(C)s2)c(=O)[nH]1. The fourth-order valence-electron chi connectivity index (χ4n) is 2.18. The van der Waals surface area contributed by atoms with Gasteiger partial charge in [0.2, 0.25) is 0 Å². The van der Waals surface area contributed by atoms with Crippen LogP contribution in [0.1, 0.15) is 39.8 Å². The van der Waals surface area contributed by atoms with Crippen molar-refractivity contribution in [1.82, 2.24) is 15.3 Å². The van der Waals surface area contributed by atoms with Crippen LogP contribution in [-0.4, -0.2) is 9.97 Å². The Morgan fingerprint density at radius 2 is 2.11 bits per heavy atom. The quantitative estimate of drug-likeness (QED) is 0.903. The lowest BCUT2D eigenvalue weighted by molar-refractivity contribution is 0.566. The summed E-state index contributed by atoms with van der Waals surface area (Å²) in [5.41, 5.74) is 1.47. The van der Waals surface area contributed by atoms with Crippen LogP contribution in [0, 0.1) is 20.8 Å². The minimum absolute atomic E-state index is 0.0146. The normalized spacial score (nSPS) is 12.6. The third-order valence-corrected chi connectivity index (χ3v) is 4.08. The minimum Gasteiger partial charge on any atom is -0.310 e. The third-order valence-electron chi connectivity index (χ3n) is 3.08. The molecule has 5 heteroatoms. The number of nitrogens with one attached hydrogen (secondary N) is 2. The fourth-order valence-corrected chi connectivity index (χ4v) is 3.02. The van der Waals surface area contributed by atoms with Gasteiger partial charge < -0.3 is 10.3 Å². The van der Waals surface area contributed by atoms with E-state index in [1.807, 2.05) is 13.8 Å². The number of thiophene rings is 1. The van der Waals surface area contributed by atoms with Crippen molar-refractivity contribution >= 4 is 11.3 Å². The number of H-pyrrole nitrogens is 1. The van der Waals surface area contributed by atoms with Gasteiger partial charge in [0.25, 0.3) is 5.56 Å². The Kier molecular flexibility index (Phi) is 4.17. The Balaban J connectivity index is 2.12. The van der Waals surface area contributed by atoms with Gasteiger partial charge in [-0.05, 0) is 39.8 Å². The zero-order valence-corrected chi connectivity index (χ0v) is 12.5. The predicted molar refractivity (Wildman–Crippen MR) is 78.6 cm³/mol. The van der Waals surface area contributed by atoms with Gasteiger partial charge in [0.1, 0.15) is 5.82 Å². The molecule has 0 aliphatic carbocycles. The number of hydrogen-bond acceptors (Lipinski definition) is 4. The first kappa shape index (κ1) is 14.0. The summed E-state index contributed by atoms with van der Waals surface area (Å²) >= 11 is 1.77. The summed E-state index contributed by atoms with van der Waals surface area (Å²) in [6, 6.07) is 4.21. The average molecular weight is 277 g/mol. The van der Waals surface area contributed by atoms with E-state index in [-0.39, 0.29) is 11.6 Å². The van der Waals surface area contributed by atoms with E-state index in [0.29, 0.717) is 5.82 Å². The first-order valence-electron chi connectivity index (χ1n) is 6.33. The molecule has 0 bridgehead atoms. The average Bonchev–Trinajstić information content (AvgIpc) is 2.71. The molecule has 0 amide bonds. The van der Waals surface area contributed by atoms with Crippen molar-refractivity contribution in [2.24, 2.45) is 0 Å². The third kappa shape index (κ3) is 3.30. The van der Waals surface area contributed by atoms with Crippen molar-refractivity contribution in [3.63, 3.8) is 0 Å². The summed E-state index contributed by atoms with van der Waals surface area (Å²) in [5, 5.41) is 3.38. The molecule has 4 nitrogen and oxygen atoms in total. The molecule has 2 heterocycles. The highest BCUT2D eigenvalue weighted by Gasteiger charge is 2.14. The number of aromatic nitrogens is 2. The van der Waals surface area contributed by atoms with E-state index in [0.717, 1.165) is 17.8 Å². The lowest BCUT2D eigenvalue weighted by Crippen LogP contribution is -2.27. The Labute approximate surface area is 116 Å². The predicted octanol–water partition coefficient (Wildman–Crippen LogP) is 2.61. The number of rotatable bonds is 4. The van der Waals surface area contributed by atoms with Gasteiger partial charge in [-0.25, -0.2) is 4.98 Å². The molecule has 2 aromatic heterocycles. The van der Waals surface area contributed by atoms with Crippen LogP contribution in [0.25, 0.3) is 0 Å². The van der Waals surface area contributed by atoms with E-state index in [9.17, 15) is 4.79 Å². The van der Waals surface area contributed by atoms with Crippen molar-refractivity contribution < 1.29 is 0 Å². The van der Waals surface area contributed by atoms with E-state index in [4.69, 9.17) is 0 Å². The van der Waals surface area contributed by atoms with Crippen LogP contribution in [0.4, 0.5) is 0 Å². The van der Waals surface area contributed by atoms with E-state index < -0.39 is 0 Å². The Morgan fingerprint density at radius 1 is 1.37 bits per heavy atom. The molecule has 0 radical (unpaired) electrons. The molecule has 102 valence electrons. The standard InChI is InChI=1S/C14H19N3OS/c1-8-5-6-12(19-8)7-15-9(2)13-10(3)16-11(4)17-14(13)18/h5-6,9,15H,7H2,1-4H3,(H,16,17,18). The van der Waals surface area contributed by atoms with E-state index in [1.165, 1.54) is 9.75 Å². The van der Waals surface area contributed by atoms with Crippen LogP contribution in [0.3, 0.4) is 0 Å². The molecule has 2 rings (SSSR count). The summed E-state index contributed by atoms with van der Waals surface area (Å²) < 4.78 is 0. The molecular weight excluding hydrogens is 258 g/mol. The second-order valence-electron chi connectivity index (χ2n) is 4.77. The molecule has 1 unspecified atom stereocenters. The summed E-state index contributed by atoms with van der Waals surface area (Å²) in [6.07, 6.45) is 0. The van der Waals surface area contributed by atoms with Crippen molar-refractivity contribution in [3.8, 4) is 0 Å². The van der Waals surface area contributed by atoms with Crippen molar-refractivity contribution in [2.75, 3.05) is 0 Å². The molecular formula is C14H19N3OS. The molecule has 2 N–H and O–H groups in total. The molecule has 0 saturated carbocycles. The second kappa shape index (κ2) is 5.67. The molecule has 19 heavy (non-hydrogen) atoms. The number of aryl methyl sites for hydroxylation is 3. The van der Waals surface area contributed by atoms with Crippen LogP contribution in [0.2, 0.25) is 0 Å². The van der Waals surface area contributed by atoms with Crippen molar-refractivity contribution in [3.05, 3.63) is 49.3 Å². The van der Waals surface area contributed by atoms with Gasteiger partial charge in [-0.1, -0.05) is 0 Å². The summed E-state index contributed by atoms with van der Waals surface area (Å²) in [5.74, 6) is 0.660. The van der Waals surface area contributed by atoms with Crippen LogP contribution in [0.15, 0.2) is 16.9 Å². The summed E-state index contributed by atoms with van der Waals surface area (Å²) in [4.78, 5) is 21.6. The van der Waals surface area contributed by atoms with Crippen molar-refractivity contribution in [2.45, 2.75) is 40.3 Å². The Morgan fingerprint density at radius 3 is 2.68 bits per heavy atom. The lowest BCUT2D eigenvalue weighted by Gasteiger charge is -2.14. The van der Waals surface area contributed by atoms with E-state index in [2.05, 4.69) is 34.3 Å². The highest BCUT2D eigenvalue weighted by Crippen LogP contribution is 2.17. The molecule has 1 atom stereocenters. The monoisotopic (exact) mass is 277 g/mol. The maximum Gasteiger partial charge on any atom is 0.255 e. The van der Waals surface area contributed by atoms with Gasteiger partial charge in [0, 0.05) is 28.0 Å². The first-order valence-corrected chi connectivity index (χ1v) is 7.15. The smallest absolute Gasteiger partial charge is 0.255 e. The van der Waals surface area contributed by atoms with Gasteiger partial charge in [-0.3, -0.25) is 4.79 Å². The molecule has 0 spiro atoms.